The predicted octanol–water partition coefficient (Wildman–Crippen LogP) is 0.380. The maximum atomic E-state index is 13.6. The molecule has 110 valence electrons. The highest BCUT2D eigenvalue weighted by Crippen LogP contribution is 2.25. The van der Waals surface area contributed by atoms with Gasteiger partial charge in [0.25, 0.3) is 0 Å². The minimum absolute atomic E-state index is 0.0560. The van der Waals surface area contributed by atoms with Crippen molar-refractivity contribution in [3.05, 3.63) is 29.6 Å². The highest BCUT2D eigenvalue weighted by molar-refractivity contribution is 7.89. The van der Waals surface area contributed by atoms with Crippen LogP contribution in [0.1, 0.15) is 5.56 Å². The Kier molecular flexibility index (Phi) is 4.45. The van der Waals surface area contributed by atoms with Crippen LogP contribution in [0.5, 0.6) is 0 Å². The third-order valence-corrected chi connectivity index (χ3v) is 4.87. The smallest absolute Gasteiger partial charge is 0.246 e. The molecule has 1 heterocycles. The first-order valence-corrected chi connectivity index (χ1v) is 7.31. The molecule has 1 fully saturated rings. The lowest BCUT2D eigenvalue weighted by molar-refractivity contribution is 0.0359. The first-order valence-electron chi connectivity index (χ1n) is 5.87. The molecule has 0 aromatic heterocycles. The molecule has 1 aromatic rings. The molecular weight excluding hydrogens is 301 g/mol. The first-order chi connectivity index (χ1) is 10.0. The van der Waals surface area contributed by atoms with Crippen molar-refractivity contribution < 1.29 is 22.3 Å². The fraction of sp³-hybridized carbons (Fsp3) is 0.333. The van der Waals surface area contributed by atoms with Crippen LogP contribution < -0.4 is 0 Å². The first kappa shape index (κ1) is 15.3. The fourth-order valence-electron chi connectivity index (χ4n) is 1.97. The van der Waals surface area contributed by atoms with Crippen molar-refractivity contribution in [1.29, 1.82) is 5.26 Å². The predicted molar refractivity (Wildman–Crippen MR) is 67.7 cm³/mol. The van der Waals surface area contributed by atoms with E-state index in [2.05, 4.69) is 4.99 Å². The van der Waals surface area contributed by atoms with E-state index in [1.165, 1.54) is 18.2 Å². The van der Waals surface area contributed by atoms with E-state index in [9.17, 15) is 17.6 Å². The molecular formula is C12H10FN3O4S. The Hall–Kier alpha value is -2.11. The zero-order valence-electron chi connectivity index (χ0n) is 10.7. The average molecular weight is 311 g/mol. The molecule has 1 unspecified atom stereocenters. The number of morpholine rings is 1. The van der Waals surface area contributed by atoms with Crippen LogP contribution in [0, 0.1) is 17.1 Å². The molecule has 0 saturated carbocycles. The maximum absolute atomic E-state index is 13.6. The largest absolute Gasteiger partial charge is 0.376 e. The Morgan fingerprint density at radius 1 is 1.48 bits per heavy atom. The molecule has 9 heteroatoms. The fourth-order valence-corrected chi connectivity index (χ4v) is 3.62. The molecule has 1 atom stereocenters. The number of sulfonamides is 1. The molecule has 0 amide bonds. The Labute approximate surface area is 120 Å². The van der Waals surface area contributed by atoms with Crippen LogP contribution in [0.15, 0.2) is 28.1 Å². The third kappa shape index (κ3) is 2.84. The lowest BCUT2D eigenvalue weighted by atomic mass is 10.2. The number of benzene rings is 1. The summed E-state index contributed by atoms with van der Waals surface area (Å²) in [5.74, 6) is -0.928. The van der Waals surface area contributed by atoms with Gasteiger partial charge in [0.05, 0.1) is 13.2 Å². The van der Waals surface area contributed by atoms with Gasteiger partial charge in [-0.2, -0.15) is 14.6 Å². The van der Waals surface area contributed by atoms with Gasteiger partial charge in [-0.3, -0.25) is 0 Å². The van der Waals surface area contributed by atoms with Crippen LogP contribution in [-0.2, 0) is 19.6 Å². The molecule has 1 aromatic carbocycles. The Bertz CT molecular complexity index is 737. The highest BCUT2D eigenvalue weighted by atomic mass is 32.2. The number of halogens is 1. The second kappa shape index (κ2) is 6.11. The average Bonchev–Trinajstić information content (AvgIpc) is 2.47. The summed E-state index contributed by atoms with van der Waals surface area (Å²) in [7, 11) is -4.18. The number of nitriles is 1. The van der Waals surface area contributed by atoms with Crippen LogP contribution in [0.25, 0.3) is 0 Å². The van der Waals surface area contributed by atoms with E-state index in [0.717, 1.165) is 16.4 Å². The summed E-state index contributed by atoms with van der Waals surface area (Å²) in [6, 6.07) is 4.86. The summed E-state index contributed by atoms with van der Waals surface area (Å²) in [5, 5.41) is 8.95. The molecule has 0 spiro atoms. The number of aliphatic imine (C=N–C) groups is 1. The van der Waals surface area contributed by atoms with Gasteiger partial charge in [-0.1, -0.05) is 6.07 Å². The van der Waals surface area contributed by atoms with E-state index in [1.807, 2.05) is 0 Å². The van der Waals surface area contributed by atoms with Crippen LogP contribution in [0.4, 0.5) is 4.39 Å². The molecule has 0 N–H and O–H groups in total. The van der Waals surface area contributed by atoms with Gasteiger partial charge in [0.15, 0.2) is 6.17 Å². The van der Waals surface area contributed by atoms with Crippen LogP contribution in [0.3, 0.4) is 0 Å². The Balaban J connectivity index is 2.54. The zero-order valence-corrected chi connectivity index (χ0v) is 11.5. The highest BCUT2D eigenvalue weighted by Gasteiger charge is 2.36. The lowest BCUT2D eigenvalue weighted by Crippen LogP contribution is -2.47. The summed E-state index contributed by atoms with van der Waals surface area (Å²) < 4.78 is 44.7. The molecule has 1 saturated heterocycles. The topological polar surface area (TPSA) is 99.8 Å². The van der Waals surface area contributed by atoms with E-state index < -0.39 is 32.5 Å². The number of nitrogens with zero attached hydrogens (tertiary/aromatic N) is 3. The SMILES string of the molecule is N#Cc1c(F)cccc1S(=O)(=O)N1CCOCC1N=C=O. The summed E-state index contributed by atoms with van der Waals surface area (Å²) in [4.78, 5) is 13.3. The molecule has 21 heavy (non-hydrogen) atoms. The van der Waals surface area contributed by atoms with Gasteiger partial charge in [-0.15, -0.1) is 0 Å². The van der Waals surface area contributed by atoms with E-state index in [0.29, 0.717) is 0 Å². The van der Waals surface area contributed by atoms with Gasteiger partial charge in [0.1, 0.15) is 22.3 Å². The van der Waals surface area contributed by atoms with E-state index >= 15 is 0 Å². The molecule has 2 rings (SSSR count). The number of hydrogen-bond acceptors (Lipinski definition) is 6. The van der Waals surface area contributed by atoms with Gasteiger partial charge in [0, 0.05) is 6.54 Å². The van der Waals surface area contributed by atoms with Gasteiger partial charge in [0.2, 0.25) is 16.1 Å². The van der Waals surface area contributed by atoms with Crippen molar-refractivity contribution in [2.24, 2.45) is 4.99 Å². The van der Waals surface area contributed by atoms with Gasteiger partial charge in [-0.05, 0) is 12.1 Å². The Morgan fingerprint density at radius 2 is 2.24 bits per heavy atom. The summed E-state index contributed by atoms with van der Waals surface area (Å²) in [6.07, 6.45) is 0.208. The number of hydrogen-bond donors (Lipinski definition) is 0. The number of ether oxygens (including phenoxy) is 1. The van der Waals surface area contributed by atoms with Crippen molar-refractivity contribution in [1.82, 2.24) is 4.31 Å². The van der Waals surface area contributed by atoms with Gasteiger partial charge < -0.3 is 4.74 Å². The third-order valence-electron chi connectivity index (χ3n) is 2.93. The number of isocyanates is 1. The van der Waals surface area contributed by atoms with E-state index in [4.69, 9.17) is 10.00 Å². The van der Waals surface area contributed by atoms with Gasteiger partial charge in [-0.25, -0.2) is 17.6 Å². The van der Waals surface area contributed by atoms with E-state index in [1.54, 1.807) is 0 Å². The summed E-state index contributed by atoms with van der Waals surface area (Å²) in [5.41, 5.74) is -0.571. The standard InChI is InChI=1S/C12H10FN3O4S/c13-10-2-1-3-11(9(10)6-14)21(18,19)16-4-5-20-7-12(16)15-8-17/h1-3,12H,4-5,7H2. The maximum Gasteiger partial charge on any atom is 0.246 e. The van der Waals surface area contributed by atoms with Crippen molar-refractivity contribution in [2.45, 2.75) is 11.1 Å². The zero-order chi connectivity index (χ0) is 15.5. The van der Waals surface area contributed by atoms with E-state index in [-0.39, 0.29) is 19.8 Å². The molecule has 0 radical (unpaired) electrons. The van der Waals surface area contributed by atoms with Crippen LogP contribution in [-0.4, -0.2) is 44.7 Å². The normalized spacial score (nSPS) is 19.5. The van der Waals surface area contributed by atoms with Crippen molar-refractivity contribution in [3.63, 3.8) is 0 Å². The second-order valence-electron chi connectivity index (χ2n) is 4.12. The minimum atomic E-state index is -4.18. The lowest BCUT2D eigenvalue weighted by Gasteiger charge is -2.31. The second-order valence-corrected chi connectivity index (χ2v) is 5.98. The molecule has 0 bridgehead atoms. The summed E-state index contributed by atoms with van der Waals surface area (Å²) in [6.45, 7) is -0.0491. The van der Waals surface area contributed by atoms with Crippen molar-refractivity contribution in [3.8, 4) is 6.07 Å². The van der Waals surface area contributed by atoms with Crippen LogP contribution in [0.2, 0.25) is 0 Å². The Morgan fingerprint density at radius 3 is 2.90 bits per heavy atom. The van der Waals surface area contributed by atoms with Gasteiger partial charge >= 0.3 is 0 Å². The molecule has 1 aliphatic rings. The summed E-state index contributed by atoms with van der Waals surface area (Å²) >= 11 is 0. The number of carbonyl (C=O) groups excluding carboxylic acids is 1. The molecule has 1 aliphatic heterocycles. The number of rotatable bonds is 3. The van der Waals surface area contributed by atoms with Crippen LogP contribution >= 0.6 is 0 Å². The molecule has 7 nitrogen and oxygen atoms in total. The monoisotopic (exact) mass is 311 g/mol. The van der Waals surface area contributed by atoms with Crippen molar-refractivity contribution in [2.75, 3.05) is 19.8 Å². The minimum Gasteiger partial charge on any atom is -0.376 e. The quantitative estimate of drug-likeness (QED) is 0.593. The van der Waals surface area contributed by atoms with Crippen molar-refractivity contribution >= 4 is 16.1 Å². The molecule has 0 aliphatic carbocycles.